The molecule has 0 saturated carbocycles. The van der Waals surface area contributed by atoms with Crippen LogP contribution < -0.4 is 10.6 Å². The Labute approximate surface area is 199 Å². The molecular formula is C23H40IN5O. The minimum atomic E-state index is 0. The number of ether oxygens (including phenoxy) is 1. The topological polar surface area (TPSA) is 52.1 Å². The summed E-state index contributed by atoms with van der Waals surface area (Å²) in [5, 5.41) is 6.86. The maximum Gasteiger partial charge on any atom is 0.191 e. The van der Waals surface area contributed by atoms with Gasteiger partial charge in [-0.2, -0.15) is 0 Å². The fourth-order valence-corrected chi connectivity index (χ4v) is 4.34. The maximum absolute atomic E-state index is 5.80. The number of hydrogen-bond acceptors (Lipinski definition) is 4. The summed E-state index contributed by atoms with van der Waals surface area (Å²) in [6.07, 6.45) is 4.47. The van der Waals surface area contributed by atoms with Crippen LogP contribution in [0.25, 0.3) is 0 Å². The molecule has 2 aliphatic rings. The molecule has 2 atom stereocenters. The number of nitrogens with one attached hydrogen (secondary N) is 2. The van der Waals surface area contributed by atoms with Crippen LogP contribution in [0.1, 0.15) is 44.2 Å². The first-order valence-electron chi connectivity index (χ1n) is 11.2. The van der Waals surface area contributed by atoms with Gasteiger partial charge in [-0.3, -0.25) is 14.8 Å². The quantitative estimate of drug-likeness (QED) is 0.235. The van der Waals surface area contributed by atoms with E-state index in [0.29, 0.717) is 12.2 Å². The molecule has 0 radical (unpaired) electrons. The highest BCUT2D eigenvalue weighted by Gasteiger charge is 2.21. The first-order valence-corrected chi connectivity index (χ1v) is 11.2. The van der Waals surface area contributed by atoms with Crippen molar-refractivity contribution in [3.8, 4) is 0 Å². The summed E-state index contributed by atoms with van der Waals surface area (Å²) in [5.41, 5.74) is 2.69. The Kier molecular flexibility index (Phi) is 11.4. The molecule has 0 amide bonds. The van der Waals surface area contributed by atoms with Crippen LogP contribution in [0, 0.1) is 0 Å². The Balaban J connectivity index is 0.00000320. The van der Waals surface area contributed by atoms with E-state index in [1.165, 1.54) is 37.1 Å². The lowest BCUT2D eigenvalue weighted by Crippen LogP contribution is -2.46. The zero-order valence-corrected chi connectivity index (χ0v) is 21.2. The third-order valence-corrected chi connectivity index (χ3v) is 5.75. The maximum atomic E-state index is 5.80. The summed E-state index contributed by atoms with van der Waals surface area (Å²) in [5.74, 6) is 0.870. The van der Waals surface area contributed by atoms with Crippen LogP contribution in [0.5, 0.6) is 0 Å². The Morgan fingerprint density at radius 2 is 1.63 bits per heavy atom. The van der Waals surface area contributed by atoms with E-state index in [4.69, 9.17) is 4.74 Å². The standard InChI is InChI=1S/C23H39N5O.HI/c1-19-16-28(17-20(2)29-19)14-6-11-25-23(24-3)26-15-21-7-9-22(10-8-21)18-27-12-4-5-13-27;/h7-10,19-20H,4-6,11-18H2,1-3H3,(H2,24,25,26);1H. The summed E-state index contributed by atoms with van der Waals surface area (Å²) in [6.45, 7) is 12.8. The van der Waals surface area contributed by atoms with Gasteiger partial charge in [0.05, 0.1) is 12.2 Å². The van der Waals surface area contributed by atoms with E-state index in [0.717, 1.165) is 51.6 Å². The summed E-state index contributed by atoms with van der Waals surface area (Å²) in [6, 6.07) is 8.98. The van der Waals surface area contributed by atoms with Crippen molar-refractivity contribution in [1.29, 1.82) is 0 Å². The molecule has 2 heterocycles. The van der Waals surface area contributed by atoms with Crippen molar-refractivity contribution in [3.05, 3.63) is 35.4 Å². The minimum absolute atomic E-state index is 0. The lowest BCUT2D eigenvalue weighted by molar-refractivity contribution is -0.0679. The van der Waals surface area contributed by atoms with Crippen molar-refractivity contribution in [2.24, 2.45) is 4.99 Å². The first-order chi connectivity index (χ1) is 14.1. The number of halogens is 1. The normalized spacial score (nSPS) is 23.2. The molecule has 7 heteroatoms. The van der Waals surface area contributed by atoms with Crippen LogP contribution in [0.4, 0.5) is 0 Å². The second-order valence-corrected chi connectivity index (χ2v) is 8.52. The van der Waals surface area contributed by atoms with Gasteiger partial charge in [-0.05, 0) is 57.3 Å². The zero-order chi connectivity index (χ0) is 20.5. The lowest BCUT2D eigenvalue weighted by Gasteiger charge is -2.35. The van der Waals surface area contributed by atoms with Crippen LogP contribution in [0.3, 0.4) is 0 Å². The molecular weight excluding hydrogens is 489 g/mol. The summed E-state index contributed by atoms with van der Waals surface area (Å²) < 4.78 is 5.80. The molecule has 6 nitrogen and oxygen atoms in total. The number of hydrogen-bond donors (Lipinski definition) is 2. The number of benzene rings is 1. The highest BCUT2D eigenvalue weighted by Crippen LogP contribution is 2.13. The van der Waals surface area contributed by atoms with Crippen LogP contribution in [-0.4, -0.2) is 74.3 Å². The van der Waals surface area contributed by atoms with Gasteiger partial charge in [0, 0.05) is 46.3 Å². The zero-order valence-electron chi connectivity index (χ0n) is 18.9. The molecule has 30 heavy (non-hydrogen) atoms. The van der Waals surface area contributed by atoms with Gasteiger partial charge in [0.2, 0.25) is 0 Å². The second-order valence-electron chi connectivity index (χ2n) is 8.52. The third-order valence-electron chi connectivity index (χ3n) is 5.75. The Bertz CT molecular complexity index is 623. The fraction of sp³-hybridized carbons (Fsp3) is 0.696. The van der Waals surface area contributed by atoms with Gasteiger partial charge in [-0.1, -0.05) is 24.3 Å². The highest BCUT2D eigenvalue weighted by atomic mass is 127. The Morgan fingerprint density at radius 3 is 2.27 bits per heavy atom. The molecule has 170 valence electrons. The molecule has 3 rings (SSSR count). The number of nitrogens with zero attached hydrogens (tertiary/aromatic N) is 3. The van der Waals surface area contributed by atoms with E-state index in [1.807, 2.05) is 7.05 Å². The van der Waals surface area contributed by atoms with Crippen LogP contribution >= 0.6 is 24.0 Å². The third kappa shape index (κ3) is 8.69. The molecule has 2 saturated heterocycles. The Hall–Kier alpha value is -0.900. The molecule has 1 aromatic rings. The molecule has 2 fully saturated rings. The smallest absolute Gasteiger partial charge is 0.191 e. The number of morpholine rings is 1. The molecule has 0 aromatic heterocycles. The summed E-state index contributed by atoms with van der Waals surface area (Å²) in [4.78, 5) is 9.39. The van der Waals surface area contributed by atoms with E-state index in [-0.39, 0.29) is 24.0 Å². The van der Waals surface area contributed by atoms with Crippen molar-refractivity contribution in [2.45, 2.75) is 58.4 Å². The fourth-order valence-electron chi connectivity index (χ4n) is 4.34. The van der Waals surface area contributed by atoms with E-state index in [9.17, 15) is 0 Å². The second kappa shape index (κ2) is 13.5. The predicted octanol–water partition coefficient (Wildman–Crippen LogP) is 3.06. The molecule has 2 aliphatic heterocycles. The Morgan fingerprint density at radius 1 is 1.00 bits per heavy atom. The van der Waals surface area contributed by atoms with Gasteiger partial charge in [0.25, 0.3) is 0 Å². The summed E-state index contributed by atoms with van der Waals surface area (Å²) >= 11 is 0. The molecule has 0 aliphatic carbocycles. The van der Waals surface area contributed by atoms with Crippen molar-refractivity contribution in [2.75, 3.05) is 46.3 Å². The number of likely N-dealkylation sites (tertiary alicyclic amines) is 1. The SMILES string of the molecule is CN=C(NCCCN1CC(C)OC(C)C1)NCc1ccc(CN2CCCC2)cc1.I. The van der Waals surface area contributed by atoms with Crippen molar-refractivity contribution in [1.82, 2.24) is 20.4 Å². The van der Waals surface area contributed by atoms with Gasteiger partial charge in [-0.25, -0.2) is 0 Å². The molecule has 2 N–H and O–H groups in total. The molecule has 0 bridgehead atoms. The van der Waals surface area contributed by atoms with E-state index >= 15 is 0 Å². The van der Waals surface area contributed by atoms with Crippen molar-refractivity contribution < 1.29 is 4.74 Å². The predicted molar refractivity (Wildman–Crippen MR) is 136 cm³/mol. The average molecular weight is 530 g/mol. The van der Waals surface area contributed by atoms with E-state index in [2.05, 4.69) is 63.5 Å². The van der Waals surface area contributed by atoms with E-state index < -0.39 is 0 Å². The van der Waals surface area contributed by atoms with Crippen molar-refractivity contribution in [3.63, 3.8) is 0 Å². The van der Waals surface area contributed by atoms with Gasteiger partial charge >= 0.3 is 0 Å². The average Bonchev–Trinajstić information content (AvgIpc) is 3.21. The number of aliphatic imine (C=N–C) groups is 1. The van der Waals surface area contributed by atoms with Crippen molar-refractivity contribution >= 4 is 29.9 Å². The molecule has 0 spiro atoms. The van der Waals surface area contributed by atoms with E-state index in [1.54, 1.807) is 0 Å². The number of guanidine groups is 1. The van der Waals surface area contributed by atoms with Gasteiger partial charge in [0.15, 0.2) is 5.96 Å². The minimum Gasteiger partial charge on any atom is -0.373 e. The highest BCUT2D eigenvalue weighted by molar-refractivity contribution is 14.0. The lowest BCUT2D eigenvalue weighted by atomic mass is 10.1. The van der Waals surface area contributed by atoms with Gasteiger partial charge in [-0.15, -0.1) is 24.0 Å². The monoisotopic (exact) mass is 529 g/mol. The van der Waals surface area contributed by atoms with Crippen LogP contribution in [0.2, 0.25) is 0 Å². The largest absolute Gasteiger partial charge is 0.373 e. The van der Waals surface area contributed by atoms with Gasteiger partial charge in [0.1, 0.15) is 0 Å². The summed E-state index contributed by atoms with van der Waals surface area (Å²) in [7, 11) is 1.83. The van der Waals surface area contributed by atoms with Crippen LogP contribution in [0.15, 0.2) is 29.3 Å². The van der Waals surface area contributed by atoms with Crippen LogP contribution in [-0.2, 0) is 17.8 Å². The van der Waals surface area contributed by atoms with Gasteiger partial charge < -0.3 is 15.4 Å². The first kappa shape index (κ1) is 25.4. The molecule has 2 unspecified atom stereocenters. The number of rotatable bonds is 8. The molecule has 1 aromatic carbocycles.